The highest BCUT2D eigenvalue weighted by Crippen LogP contribution is 2.39. The Kier molecular flexibility index (Phi) is 2.08. The van der Waals surface area contributed by atoms with Crippen molar-refractivity contribution in [2.75, 3.05) is 0 Å². The van der Waals surface area contributed by atoms with Gasteiger partial charge in [0.25, 0.3) is 4.06 Å². The van der Waals surface area contributed by atoms with Gasteiger partial charge in [0, 0.05) is 21.3 Å². The molecule has 54 valence electrons. The fourth-order valence-electron chi connectivity index (χ4n) is 0.746. The Bertz CT molecular complexity index is 260. The largest absolute Gasteiger partial charge is 0.287 e. The molecule has 2 rings (SSSR count). The van der Waals surface area contributed by atoms with E-state index in [4.69, 9.17) is 0 Å². The van der Waals surface area contributed by atoms with Crippen molar-refractivity contribution in [1.82, 2.24) is 0 Å². The summed E-state index contributed by atoms with van der Waals surface area (Å²) in [6, 6.07) is 0. The molecule has 0 unspecified atom stereocenters. The molecule has 0 aliphatic carbocycles. The molecule has 0 bridgehead atoms. The molecule has 10 heavy (non-hydrogen) atoms. The Morgan fingerprint density at radius 2 is 1.50 bits per heavy atom. The van der Waals surface area contributed by atoms with Gasteiger partial charge < -0.3 is 0 Å². The minimum atomic E-state index is 0.258. The number of fused-ring (bicyclic) bond motifs is 1. The summed E-state index contributed by atoms with van der Waals surface area (Å²) in [6.07, 6.45) is 0. The minimum Gasteiger partial charge on any atom is -0.265 e. The lowest BCUT2D eigenvalue weighted by Gasteiger charge is -2.06. The Morgan fingerprint density at radius 3 is 2.00 bits per heavy atom. The van der Waals surface area contributed by atoms with Gasteiger partial charge in [-0.2, -0.15) is 0 Å². The van der Waals surface area contributed by atoms with Crippen LogP contribution in [0.15, 0.2) is 4.79 Å². The van der Waals surface area contributed by atoms with E-state index in [9.17, 15) is 4.79 Å². The molecule has 1 aromatic heterocycles. The molecule has 0 aromatic carbocycles. The summed E-state index contributed by atoms with van der Waals surface area (Å²) in [7, 11) is 3.69. The number of rotatable bonds is 0. The third-order valence-corrected chi connectivity index (χ3v) is 5.98. The van der Waals surface area contributed by atoms with Gasteiger partial charge in [-0.1, -0.05) is 44.3 Å². The Hall–Kier alpha value is 0.550. The fourth-order valence-corrected chi connectivity index (χ4v) is 5.93. The van der Waals surface area contributed by atoms with Crippen molar-refractivity contribution in [1.29, 1.82) is 0 Å². The smallest absolute Gasteiger partial charge is 0.265 e. The number of hydrogen-bond acceptors (Lipinski definition) is 5. The van der Waals surface area contributed by atoms with E-state index in [2.05, 4.69) is 0 Å². The van der Waals surface area contributed by atoms with Crippen LogP contribution >= 0.6 is 44.3 Å². The normalized spacial score (nSPS) is 16.8. The third-order valence-electron chi connectivity index (χ3n) is 1.19. The first-order valence-corrected chi connectivity index (χ1v) is 6.84. The maximum Gasteiger partial charge on any atom is 0.287 e. The van der Waals surface area contributed by atoms with Crippen molar-refractivity contribution in [3.8, 4) is 0 Å². The number of hydrogen-bond donors (Lipinski definition) is 0. The fraction of sp³-hybridized carbons (Fsp3) is 0.400. The molecule has 0 radical (unpaired) electrons. The second-order valence-electron chi connectivity index (χ2n) is 1.82. The summed E-state index contributed by atoms with van der Waals surface area (Å²) in [5.74, 6) is 2.06. The highest BCUT2D eigenvalue weighted by Gasteiger charge is 2.13. The molecular formula is C5H4OS4. The van der Waals surface area contributed by atoms with Gasteiger partial charge in [0.05, 0.1) is 0 Å². The third kappa shape index (κ3) is 1.28. The second kappa shape index (κ2) is 2.89. The van der Waals surface area contributed by atoms with E-state index in [-0.39, 0.29) is 4.06 Å². The zero-order valence-corrected chi connectivity index (χ0v) is 8.22. The van der Waals surface area contributed by atoms with E-state index in [0.717, 1.165) is 11.5 Å². The standard InChI is InChI=1S/C5H4OS4/c6-5-9-3-1-7-8-2-4(3)10-5/h1-2H2. The van der Waals surface area contributed by atoms with Gasteiger partial charge in [0.15, 0.2) is 0 Å². The monoisotopic (exact) mass is 208 g/mol. The summed E-state index contributed by atoms with van der Waals surface area (Å²) in [5, 5.41) is 0. The molecule has 0 spiro atoms. The van der Waals surface area contributed by atoms with Crippen LogP contribution in [0.5, 0.6) is 0 Å². The van der Waals surface area contributed by atoms with Crippen LogP contribution in [0, 0.1) is 0 Å². The molecule has 1 aliphatic heterocycles. The van der Waals surface area contributed by atoms with Crippen LogP contribution in [0.25, 0.3) is 0 Å². The summed E-state index contributed by atoms with van der Waals surface area (Å²) >= 11 is 2.84. The summed E-state index contributed by atoms with van der Waals surface area (Å²) in [5.41, 5.74) is 0. The van der Waals surface area contributed by atoms with Crippen LogP contribution < -0.4 is 4.06 Å². The molecule has 0 saturated carbocycles. The first-order chi connectivity index (χ1) is 4.86. The zero-order chi connectivity index (χ0) is 6.97. The molecule has 5 heteroatoms. The van der Waals surface area contributed by atoms with Gasteiger partial charge in [-0.3, -0.25) is 4.79 Å². The van der Waals surface area contributed by atoms with E-state index in [1.54, 1.807) is 0 Å². The molecular weight excluding hydrogens is 204 g/mol. The van der Waals surface area contributed by atoms with Gasteiger partial charge in [0.1, 0.15) is 0 Å². The van der Waals surface area contributed by atoms with Crippen molar-refractivity contribution in [3.05, 3.63) is 18.6 Å². The van der Waals surface area contributed by atoms with Crippen LogP contribution in [0.3, 0.4) is 0 Å². The molecule has 1 nitrogen and oxygen atoms in total. The van der Waals surface area contributed by atoms with E-state index in [0.29, 0.717) is 0 Å². The molecule has 1 aromatic rings. The average molecular weight is 208 g/mol. The Labute approximate surface area is 74.3 Å². The molecule has 1 aliphatic rings. The van der Waals surface area contributed by atoms with Gasteiger partial charge >= 0.3 is 0 Å². The topological polar surface area (TPSA) is 17.1 Å². The van der Waals surface area contributed by atoms with Crippen LogP contribution in [0.4, 0.5) is 0 Å². The maximum atomic E-state index is 10.9. The molecule has 0 fully saturated rings. The minimum absolute atomic E-state index is 0.258. The predicted molar refractivity (Wildman–Crippen MR) is 51.1 cm³/mol. The first kappa shape index (κ1) is 7.21. The van der Waals surface area contributed by atoms with Crippen LogP contribution in [-0.4, -0.2) is 0 Å². The Balaban J connectivity index is 2.50. The quantitative estimate of drug-likeness (QED) is 0.610. The molecule has 0 atom stereocenters. The van der Waals surface area contributed by atoms with E-state index in [1.807, 2.05) is 21.6 Å². The molecule has 0 saturated heterocycles. The van der Waals surface area contributed by atoms with Crippen molar-refractivity contribution >= 4 is 44.3 Å². The first-order valence-electron chi connectivity index (χ1n) is 2.72. The van der Waals surface area contributed by atoms with Crippen molar-refractivity contribution in [3.63, 3.8) is 0 Å². The lowest BCUT2D eigenvalue weighted by Crippen LogP contribution is -1.84. The maximum absolute atomic E-state index is 10.9. The summed E-state index contributed by atoms with van der Waals surface area (Å²) in [4.78, 5) is 13.5. The zero-order valence-electron chi connectivity index (χ0n) is 4.96. The lowest BCUT2D eigenvalue weighted by molar-refractivity contribution is 1.42. The van der Waals surface area contributed by atoms with Gasteiger partial charge in [-0.25, -0.2) is 0 Å². The van der Waals surface area contributed by atoms with Crippen LogP contribution in [-0.2, 0) is 11.5 Å². The second-order valence-corrected chi connectivity index (χ2v) is 6.68. The van der Waals surface area contributed by atoms with Gasteiger partial charge in [-0.05, 0) is 0 Å². The van der Waals surface area contributed by atoms with Crippen molar-refractivity contribution < 1.29 is 0 Å². The predicted octanol–water partition coefficient (Wildman–Crippen LogP) is 2.56. The van der Waals surface area contributed by atoms with E-state index >= 15 is 0 Å². The SMILES string of the molecule is O=c1sc2c(s1)CSSC2. The molecule has 0 amide bonds. The van der Waals surface area contributed by atoms with Gasteiger partial charge in [0.2, 0.25) is 0 Å². The van der Waals surface area contributed by atoms with Crippen molar-refractivity contribution in [2.45, 2.75) is 11.5 Å². The van der Waals surface area contributed by atoms with Crippen molar-refractivity contribution in [2.24, 2.45) is 0 Å². The van der Waals surface area contributed by atoms with E-state index < -0.39 is 0 Å². The molecule has 2 heterocycles. The highest BCUT2D eigenvalue weighted by atomic mass is 33.1. The summed E-state index contributed by atoms with van der Waals surface area (Å²) in [6.45, 7) is 0. The van der Waals surface area contributed by atoms with Crippen LogP contribution in [0.1, 0.15) is 9.75 Å². The highest BCUT2D eigenvalue weighted by molar-refractivity contribution is 8.76. The van der Waals surface area contributed by atoms with Crippen LogP contribution in [0.2, 0.25) is 0 Å². The Morgan fingerprint density at radius 1 is 1.00 bits per heavy atom. The summed E-state index contributed by atoms with van der Waals surface area (Å²) < 4.78 is 0.258. The van der Waals surface area contributed by atoms with Gasteiger partial charge in [-0.15, -0.1) is 0 Å². The van der Waals surface area contributed by atoms with E-state index in [1.165, 1.54) is 32.4 Å². The average Bonchev–Trinajstić information content (AvgIpc) is 2.27. The lowest BCUT2D eigenvalue weighted by atomic mass is 10.5. The molecule has 0 N–H and O–H groups in total.